The molecule has 0 saturated carbocycles. The van der Waals surface area contributed by atoms with E-state index in [1.807, 2.05) is 50.2 Å². The summed E-state index contributed by atoms with van der Waals surface area (Å²) in [5.74, 6) is -1.54. The van der Waals surface area contributed by atoms with Gasteiger partial charge in [0.05, 0.1) is 6.21 Å². The van der Waals surface area contributed by atoms with Crippen molar-refractivity contribution in [3.63, 3.8) is 0 Å². The lowest BCUT2D eigenvalue weighted by Gasteiger charge is -2.08. The van der Waals surface area contributed by atoms with Gasteiger partial charge in [0.1, 0.15) is 5.75 Å². The second kappa shape index (κ2) is 11.2. The molecule has 0 unspecified atom stereocenters. The minimum Gasteiger partial charge on any atom is -0.484 e. The largest absolute Gasteiger partial charge is 0.484 e. The lowest BCUT2D eigenvalue weighted by Crippen LogP contribution is -2.32. The van der Waals surface area contributed by atoms with Crippen molar-refractivity contribution in [3.8, 4) is 5.75 Å². The van der Waals surface area contributed by atoms with E-state index in [0.717, 1.165) is 11.1 Å². The van der Waals surface area contributed by atoms with E-state index in [9.17, 15) is 14.4 Å². The Morgan fingerprint density at radius 3 is 2.39 bits per heavy atom. The minimum absolute atomic E-state index is 0.162. The molecule has 0 fully saturated rings. The third-order valence-electron chi connectivity index (χ3n) is 4.54. The van der Waals surface area contributed by atoms with Crippen molar-refractivity contribution in [1.29, 1.82) is 0 Å². The summed E-state index contributed by atoms with van der Waals surface area (Å²) >= 11 is 0. The first-order valence-electron chi connectivity index (χ1n) is 10.2. The number of carbonyl (C=O) groups is 3. The normalized spacial score (nSPS) is 10.5. The molecule has 168 valence electrons. The molecule has 3 amide bonds. The van der Waals surface area contributed by atoms with E-state index < -0.39 is 11.8 Å². The SMILES string of the molecule is Cc1ccc(NC(=O)COc2cccc(/C=N/NC(=O)C(=O)Nc3ccccc3C)c2)cc1. The average Bonchev–Trinajstić information content (AvgIpc) is 2.81. The Morgan fingerprint density at radius 2 is 1.64 bits per heavy atom. The molecular weight excluding hydrogens is 420 g/mol. The van der Waals surface area contributed by atoms with Crippen LogP contribution in [0.5, 0.6) is 5.75 Å². The zero-order chi connectivity index (χ0) is 23.6. The van der Waals surface area contributed by atoms with Gasteiger partial charge in [0, 0.05) is 11.4 Å². The molecule has 0 aliphatic carbocycles. The van der Waals surface area contributed by atoms with Crippen LogP contribution in [0, 0.1) is 13.8 Å². The van der Waals surface area contributed by atoms with Gasteiger partial charge in [-0.05, 0) is 55.3 Å². The first-order chi connectivity index (χ1) is 15.9. The molecule has 0 bridgehead atoms. The lowest BCUT2D eigenvalue weighted by atomic mass is 10.2. The first-order valence-corrected chi connectivity index (χ1v) is 10.2. The number of carbonyl (C=O) groups excluding carboxylic acids is 3. The summed E-state index contributed by atoms with van der Waals surface area (Å²) in [6, 6.07) is 21.4. The molecule has 0 atom stereocenters. The topological polar surface area (TPSA) is 109 Å². The van der Waals surface area contributed by atoms with Crippen LogP contribution < -0.4 is 20.8 Å². The monoisotopic (exact) mass is 444 g/mol. The molecule has 33 heavy (non-hydrogen) atoms. The third kappa shape index (κ3) is 7.32. The highest BCUT2D eigenvalue weighted by Gasteiger charge is 2.13. The number of rotatable bonds is 7. The Labute approximate surface area is 191 Å². The van der Waals surface area contributed by atoms with Crippen LogP contribution in [0.2, 0.25) is 0 Å². The Morgan fingerprint density at radius 1 is 0.879 bits per heavy atom. The molecule has 0 aliphatic rings. The second-order valence-electron chi connectivity index (χ2n) is 7.24. The van der Waals surface area contributed by atoms with Gasteiger partial charge < -0.3 is 15.4 Å². The van der Waals surface area contributed by atoms with Gasteiger partial charge in [0.15, 0.2) is 6.61 Å². The molecule has 3 aromatic carbocycles. The van der Waals surface area contributed by atoms with Crippen molar-refractivity contribution < 1.29 is 19.1 Å². The number of hydrazone groups is 1. The van der Waals surface area contributed by atoms with Crippen LogP contribution in [0.15, 0.2) is 77.9 Å². The maximum atomic E-state index is 12.1. The molecule has 0 radical (unpaired) electrons. The minimum atomic E-state index is -0.894. The van der Waals surface area contributed by atoms with E-state index in [4.69, 9.17) is 4.74 Å². The number of hydrogen-bond donors (Lipinski definition) is 3. The van der Waals surface area contributed by atoms with Gasteiger partial charge in [-0.2, -0.15) is 5.10 Å². The van der Waals surface area contributed by atoms with Gasteiger partial charge >= 0.3 is 11.8 Å². The number of para-hydroxylation sites is 1. The summed E-state index contributed by atoms with van der Waals surface area (Å²) in [5.41, 5.74) is 5.99. The molecule has 0 aromatic heterocycles. The summed E-state index contributed by atoms with van der Waals surface area (Å²) < 4.78 is 5.52. The fraction of sp³-hybridized carbons (Fsp3) is 0.120. The van der Waals surface area contributed by atoms with E-state index in [0.29, 0.717) is 22.7 Å². The van der Waals surface area contributed by atoms with Crippen molar-refractivity contribution in [3.05, 3.63) is 89.5 Å². The van der Waals surface area contributed by atoms with Crippen molar-refractivity contribution >= 4 is 35.3 Å². The molecule has 3 aromatic rings. The van der Waals surface area contributed by atoms with E-state index >= 15 is 0 Å². The van der Waals surface area contributed by atoms with Crippen LogP contribution in [-0.2, 0) is 14.4 Å². The van der Waals surface area contributed by atoms with Gasteiger partial charge in [0.2, 0.25) is 0 Å². The van der Waals surface area contributed by atoms with Gasteiger partial charge in [-0.1, -0.05) is 48.0 Å². The molecule has 8 nitrogen and oxygen atoms in total. The number of ether oxygens (including phenoxy) is 1. The summed E-state index contributed by atoms with van der Waals surface area (Å²) in [5, 5.41) is 9.09. The highest BCUT2D eigenvalue weighted by atomic mass is 16.5. The van der Waals surface area contributed by atoms with Crippen molar-refractivity contribution in [2.24, 2.45) is 5.10 Å². The Hall–Kier alpha value is -4.46. The Kier molecular flexibility index (Phi) is 7.91. The van der Waals surface area contributed by atoms with E-state index in [1.165, 1.54) is 6.21 Å². The molecule has 8 heteroatoms. The standard InChI is InChI=1S/C25H24N4O4/c1-17-10-12-20(13-11-17)27-23(30)16-33-21-8-5-7-19(14-21)15-26-29-25(32)24(31)28-22-9-4-3-6-18(22)2/h3-15H,16H2,1-2H3,(H,27,30)(H,28,31)(H,29,32)/b26-15+. The highest BCUT2D eigenvalue weighted by molar-refractivity contribution is 6.39. The van der Waals surface area contributed by atoms with E-state index in [2.05, 4.69) is 21.2 Å². The number of benzene rings is 3. The Bertz CT molecular complexity index is 1170. The zero-order valence-electron chi connectivity index (χ0n) is 18.3. The van der Waals surface area contributed by atoms with Crippen LogP contribution in [0.4, 0.5) is 11.4 Å². The molecule has 0 saturated heterocycles. The molecule has 3 N–H and O–H groups in total. The summed E-state index contributed by atoms with van der Waals surface area (Å²) in [4.78, 5) is 36.0. The number of amides is 3. The summed E-state index contributed by atoms with van der Waals surface area (Å²) in [7, 11) is 0. The van der Waals surface area contributed by atoms with Crippen LogP contribution in [0.25, 0.3) is 0 Å². The maximum Gasteiger partial charge on any atom is 0.329 e. The second-order valence-corrected chi connectivity index (χ2v) is 7.24. The lowest BCUT2D eigenvalue weighted by molar-refractivity contribution is -0.136. The predicted molar refractivity (Wildman–Crippen MR) is 127 cm³/mol. The molecular formula is C25H24N4O4. The molecule has 0 spiro atoms. The van der Waals surface area contributed by atoms with Crippen molar-refractivity contribution in [1.82, 2.24) is 5.43 Å². The number of nitrogens with one attached hydrogen (secondary N) is 3. The summed E-state index contributed by atoms with van der Waals surface area (Å²) in [6.07, 6.45) is 1.37. The van der Waals surface area contributed by atoms with Crippen molar-refractivity contribution in [2.75, 3.05) is 17.2 Å². The molecule has 0 aliphatic heterocycles. The van der Waals surface area contributed by atoms with E-state index in [1.54, 1.807) is 36.4 Å². The van der Waals surface area contributed by atoms with Gasteiger partial charge in [-0.15, -0.1) is 0 Å². The van der Waals surface area contributed by atoms with Gasteiger partial charge in [-0.25, -0.2) is 5.43 Å². The van der Waals surface area contributed by atoms with Gasteiger partial charge in [-0.3, -0.25) is 14.4 Å². The average molecular weight is 444 g/mol. The fourth-order valence-corrected chi connectivity index (χ4v) is 2.78. The zero-order valence-corrected chi connectivity index (χ0v) is 18.3. The smallest absolute Gasteiger partial charge is 0.329 e. The van der Waals surface area contributed by atoms with Gasteiger partial charge in [0.25, 0.3) is 5.91 Å². The van der Waals surface area contributed by atoms with Crippen LogP contribution in [-0.4, -0.2) is 30.5 Å². The van der Waals surface area contributed by atoms with Crippen LogP contribution >= 0.6 is 0 Å². The number of anilines is 2. The number of aryl methyl sites for hydroxylation is 2. The molecule has 0 heterocycles. The van der Waals surface area contributed by atoms with E-state index in [-0.39, 0.29) is 12.5 Å². The third-order valence-corrected chi connectivity index (χ3v) is 4.54. The Balaban J connectivity index is 1.48. The fourth-order valence-electron chi connectivity index (χ4n) is 2.78. The maximum absolute atomic E-state index is 12.1. The summed E-state index contributed by atoms with van der Waals surface area (Å²) in [6.45, 7) is 3.63. The van der Waals surface area contributed by atoms with Crippen LogP contribution in [0.3, 0.4) is 0 Å². The predicted octanol–water partition coefficient (Wildman–Crippen LogP) is 3.41. The number of hydrogen-bond acceptors (Lipinski definition) is 5. The highest BCUT2D eigenvalue weighted by Crippen LogP contribution is 2.14. The van der Waals surface area contributed by atoms with Crippen LogP contribution in [0.1, 0.15) is 16.7 Å². The molecule has 3 rings (SSSR count). The van der Waals surface area contributed by atoms with Crippen molar-refractivity contribution in [2.45, 2.75) is 13.8 Å². The quantitative estimate of drug-likeness (QED) is 0.295. The number of nitrogens with zero attached hydrogens (tertiary/aromatic N) is 1. The first kappa shape index (κ1) is 23.2.